The molecule has 36 heavy (non-hydrogen) atoms. The van der Waals surface area contributed by atoms with Crippen LogP contribution in [0.3, 0.4) is 0 Å². The molecule has 0 radical (unpaired) electrons. The summed E-state index contributed by atoms with van der Waals surface area (Å²) in [5.74, 6) is 0. The Morgan fingerprint density at radius 3 is 1.72 bits per heavy atom. The lowest BCUT2D eigenvalue weighted by Gasteiger charge is -2.12. The Bertz CT molecular complexity index is 1800. The van der Waals surface area contributed by atoms with Crippen LogP contribution in [-0.2, 0) is 0 Å². The highest BCUT2D eigenvalue weighted by Crippen LogP contribution is 2.36. The number of rotatable bonds is 3. The Morgan fingerprint density at radius 1 is 0.472 bits per heavy atom. The van der Waals surface area contributed by atoms with Crippen molar-refractivity contribution in [3.05, 3.63) is 133 Å². The fourth-order valence-corrected chi connectivity index (χ4v) is 5.52. The van der Waals surface area contributed by atoms with Crippen molar-refractivity contribution in [2.24, 2.45) is 0 Å². The van der Waals surface area contributed by atoms with Crippen molar-refractivity contribution in [1.82, 2.24) is 4.98 Å². The van der Waals surface area contributed by atoms with Crippen LogP contribution in [0.4, 0.5) is 0 Å². The van der Waals surface area contributed by atoms with Crippen LogP contribution in [0.5, 0.6) is 0 Å². The quantitative estimate of drug-likeness (QED) is 0.240. The van der Waals surface area contributed by atoms with Gasteiger partial charge in [0.2, 0.25) is 0 Å². The molecular formula is C35H25N. The van der Waals surface area contributed by atoms with Gasteiger partial charge in [-0.25, -0.2) is 0 Å². The molecule has 1 aromatic heterocycles. The first kappa shape index (κ1) is 20.8. The number of hydrogen-bond donors (Lipinski definition) is 0. The molecule has 0 N–H and O–H groups in total. The van der Waals surface area contributed by atoms with Crippen LogP contribution in [0.1, 0.15) is 18.4 Å². The molecule has 0 fully saturated rings. The molecule has 0 saturated heterocycles. The fraction of sp³-hybridized carbons (Fsp3) is 0.0571. The van der Waals surface area contributed by atoms with Gasteiger partial charge in [0, 0.05) is 17.1 Å². The van der Waals surface area contributed by atoms with Crippen molar-refractivity contribution >= 4 is 37.9 Å². The zero-order valence-electron chi connectivity index (χ0n) is 20.0. The van der Waals surface area contributed by atoms with E-state index in [1.807, 2.05) is 0 Å². The molecule has 170 valence electrons. The van der Waals surface area contributed by atoms with E-state index in [4.69, 9.17) is 4.98 Å². The molecule has 0 aliphatic heterocycles. The van der Waals surface area contributed by atoms with Gasteiger partial charge in [0.05, 0.1) is 5.69 Å². The topological polar surface area (TPSA) is 12.9 Å². The van der Waals surface area contributed by atoms with Gasteiger partial charge in [0.1, 0.15) is 0 Å². The zero-order valence-corrected chi connectivity index (χ0v) is 20.0. The smallest absolute Gasteiger partial charge is 0.0708 e. The fourth-order valence-electron chi connectivity index (χ4n) is 5.52. The molecule has 1 aliphatic carbocycles. The normalized spacial score (nSPS) is 13.4. The maximum absolute atomic E-state index is 4.94. The van der Waals surface area contributed by atoms with E-state index in [1.54, 1.807) is 0 Å². The lowest BCUT2D eigenvalue weighted by molar-refractivity contribution is 1.04. The van der Waals surface area contributed by atoms with Crippen molar-refractivity contribution in [2.45, 2.75) is 12.8 Å². The third kappa shape index (κ3) is 3.52. The minimum Gasteiger partial charge on any atom is -0.256 e. The van der Waals surface area contributed by atoms with Crippen LogP contribution in [-0.4, -0.2) is 4.98 Å². The molecule has 0 saturated carbocycles. The molecular weight excluding hydrogens is 434 g/mol. The van der Waals surface area contributed by atoms with Gasteiger partial charge in [-0.15, -0.1) is 0 Å². The van der Waals surface area contributed by atoms with E-state index in [9.17, 15) is 0 Å². The van der Waals surface area contributed by atoms with Crippen molar-refractivity contribution in [1.29, 1.82) is 0 Å². The lowest BCUT2D eigenvalue weighted by atomic mass is 9.93. The molecule has 0 unspecified atom stereocenters. The summed E-state index contributed by atoms with van der Waals surface area (Å²) < 4.78 is 0. The molecule has 1 nitrogen and oxygen atoms in total. The zero-order chi connectivity index (χ0) is 23.9. The Hall–Kier alpha value is -4.49. The molecule has 5 aromatic carbocycles. The molecule has 1 heterocycles. The van der Waals surface area contributed by atoms with Crippen molar-refractivity contribution in [3.63, 3.8) is 0 Å². The summed E-state index contributed by atoms with van der Waals surface area (Å²) >= 11 is 0. The summed E-state index contributed by atoms with van der Waals surface area (Å²) in [4.78, 5) is 4.94. The number of hydrogen-bond acceptors (Lipinski definition) is 1. The summed E-state index contributed by atoms with van der Waals surface area (Å²) in [5.41, 5.74) is 7.16. The van der Waals surface area contributed by atoms with E-state index in [0.29, 0.717) is 0 Å². The summed E-state index contributed by atoms with van der Waals surface area (Å²) in [7, 11) is 0. The van der Waals surface area contributed by atoms with E-state index < -0.39 is 0 Å². The second-order valence-corrected chi connectivity index (χ2v) is 9.51. The van der Waals surface area contributed by atoms with Crippen LogP contribution in [0, 0.1) is 0 Å². The largest absolute Gasteiger partial charge is 0.256 e. The van der Waals surface area contributed by atoms with Crippen LogP contribution in [0.2, 0.25) is 0 Å². The first-order valence-corrected chi connectivity index (χ1v) is 12.6. The highest BCUT2D eigenvalue weighted by atomic mass is 14.7. The summed E-state index contributed by atoms with van der Waals surface area (Å²) in [6.45, 7) is 0. The maximum atomic E-state index is 4.94. The number of benzene rings is 5. The van der Waals surface area contributed by atoms with E-state index in [2.05, 4.69) is 128 Å². The minimum absolute atomic E-state index is 0.999. The van der Waals surface area contributed by atoms with Gasteiger partial charge in [-0.3, -0.25) is 4.98 Å². The predicted molar refractivity (Wildman–Crippen MR) is 154 cm³/mol. The van der Waals surface area contributed by atoms with Gasteiger partial charge in [-0.05, 0) is 80.2 Å². The summed E-state index contributed by atoms with van der Waals surface area (Å²) in [6, 6.07) is 37.2. The van der Waals surface area contributed by atoms with Crippen LogP contribution < -0.4 is 0 Å². The van der Waals surface area contributed by atoms with Gasteiger partial charge >= 0.3 is 0 Å². The SMILES string of the molecule is C1=CC(c2cccc(-c3cccc(-c4cc5c6ccccc6c6ccccc6c5cn4)c3)c2)=CCC1. The number of nitrogens with zero attached hydrogens (tertiary/aromatic N) is 1. The Labute approximate surface area is 211 Å². The van der Waals surface area contributed by atoms with Crippen LogP contribution in [0.25, 0.3) is 60.3 Å². The molecule has 6 aromatic rings. The van der Waals surface area contributed by atoms with Crippen molar-refractivity contribution in [2.75, 3.05) is 0 Å². The molecule has 7 rings (SSSR count). The molecule has 1 heteroatoms. The molecule has 0 amide bonds. The first-order chi connectivity index (χ1) is 17.8. The molecule has 0 spiro atoms. The maximum Gasteiger partial charge on any atom is 0.0708 e. The summed E-state index contributed by atoms with van der Waals surface area (Å²) in [5, 5.41) is 7.53. The van der Waals surface area contributed by atoms with Crippen LogP contribution in [0.15, 0.2) is 128 Å². The second-order valence-electron chi connectivity index (χ2n) is 9.51. The molecule has 0 atom stereocenters. The third-order valence-corrected chi connectivity index (χ3v) is 7.31. The lowest BCUT2D eigenvalue weighted by Crippen LogP contribution is -1.89. The highest BCUT2D eigenvalue weighted by molar-refractivity contribution is 6.25. The minimum atomic E-state index is 0.999. The third-order valence-electron chi connectivity index (χ3n) is 7.31. The second kappa shape index (κ2) is 8.62. The highest BCUT2D eigenvalue weighted by Gasteiger charge is 2.11. The predicted octanol–water partition coefficient (Wildman–Crippen LogP) is 9.61. The van der Waals surface area contributed by atoms with E-state index >= 15 is 0 Å². The van der Waals surface area contributed by atoms with E-state index in [0.717, 1.165) is 24.1 Å². The number of fused-ring (bicyclic) bond motifs is 6. The molecule has 0 bridgehead atoms. The number of allylic oxidation sites excluding steroid dienone is 4. The first-order valence-electron chi connectivity index (χ1n) is 12.6. The Morgan fingerprint density at radius 2 is 1.06 bits per heavy atom. The summed E-state index contributed by atoms with van der Waals surface area (Å²) in [6.07, 6.45) is 11.1. The van der Waals surface area contributed by atoms with Crippen molar-refractivity contribution in [3.8, 4) is 22.4 Å². The van der Waals surface area contributed by atoms with Gasteiger partial charge in [-0.1, -0.05) is 103 Å². The van der Waals surface area contributed by atoms with E-state index in [-0.39, 0.29) is 0 Å². The van der Waals surface area contributed by atoms with Crippen molar-refractivity contribution < 1.29 is 0 Å². The van der Waals surface area contributed by atoms with Crippen LogP contribution >= 0.6 is 0 Å². The number of aromatic nitrogens is 1. The Kier molecular flexibility index (Phi) is 4.99. The standard InChI is InChI=1S/C35H25N/c1-2-10-24(11-3-1)25-12-8-13-26(20-25)27-14-9-15-28(21-27)35-22-33-31-18-6-4-16-29(31)30-17-5-7-19-32(30)34(33)23-36-35/h2,4-23H,1,3H2. The van der Waals surface area contributed by atoms with E-state index in [1.165, 1.54) is 54.6 Å². The molecule has 1 aliphatic rings. The van der Waals surface area contributed by atoms with Gasteiger partial charge in [0.25, 0.3) is 0 Å². The average Bonchev–Trinajstić information content (AvgIpc) is 2.98. The monoisotopic (exact) mass is 459 g/mol. The van der Waals surface area contributed by atoms with Gasteiger partial charge in [-0.2, -0.15) is 0 Å². The average molecular weight is 460 g/mol. The number of pyridine rings is 1. The van der Waals surface area contributed by atoms with Gasteiger partial charge < -0.3 is 0 Å². The Balaban J connectivity index is 1.36. The van der Waals surface area contributed by atoms with Gasteiger partial charge in [0.15, 0.2) is 0 Å².